The van der Waals surface area contributed by atoms with Crippen LogP contribution >= 0.6 is 0 Å². The fourth-order valence-corrected chi connectivity index (χ4v) is 7.76. The number of carbonyl (C=O) groups excluding carboxylic acids is 9. The van der Waals surface area contributed by atoms with Gasteiger partial charge in [0.15, 0.2) is 5.96 Å². The third-order valence-corrected chi connectivity index (χ3v) is 12.0. The third kappa shape index (κ3) is 22.7. The first-order valence-corrected chi connectivity index (χ1v) is 25.1. The van der Waals surface area contributed by atoms with E-state index >= 15 is 0 Å². The van der Waals surface area contributed by atoms with Crippen LogP contribution in [0.2, 0.25) is 0 Å². The highest BCUT2D eigenvalue weighted by molar-refractivity contribution is 5.99. The van der Waals surface area contributed by atoms with Crippen molar-refractivity contribution in [1.82, 2.24) is 42.1 Å². The van der Waals surface area contributed by atoms with E-state index in [1.165, 1.54) is 42.2 Å². The van der Waals surface area contributed by atoms with Gasteiger partial charge in [-0.25, -0.2) is 4.79 Å². The molecule has 1 aliphatic rings. The Hall–Kier alpha value is -7.31. The van der Waals surface area contributed by atoms with Gasteiger partial charge in [0.2, 0.25) is 53.2 Å². The van der Waals surface area contributed by atoms with Gasteiger partial charge in [0.1, 0.15) is 41.9 Å². The topological polar surface area (TPSA) is 519 Å². The summed E-state index contributed by atoms with van der Waals surface area (Å²) in [5, 5.41) is 37.5. The molecule has 0 aromatic heterocycles. The Morgan fingerprint density at radius 2 is 1.37 bits per heavy atom. The fourth-order valence-electron chi connectivity index (χ4n) is 7.76. The van der Waals surface area contributed by atoms with Gasteiger partial charge in [-0.05, 0) is 108 Å². The second kappa shape index (κ2) is 34.3. The fraction of sp³-hybridized carbons (Fsp3) is 0.596. The normalized spacial score (nSPS) is 16.0. The van der Waals surface area contributed by atoms with Crippen LogP contribution in [0.15, 0.2) is 41.0 Å². The van der Waals surface area contributed by atoms with Gasteiger partial charge in [-0.3, -0.25) is 48.1 Å². The number of rotatable bonds is 35. The summed E-state index contributed by atoms with van der Waals surface area (Å²) in [6.07, 6.45) is 2.45. The smallest absolute Gasteiger partial charge is 0.352 e. The number of aliphatic carboxylic acids is 1. The van der Waals surface area contributed by atoms with Crippen molar-refractivity contribution in [1.29, 1.82) is 0 Å². The van der Waals surface area contributed by atoms with Gasteiger partial charge < -0.3 is 98.2 Å². The first kappa shape index (κ1) is 64.8. The standard InChI is InChI=1S/C47H79N17O12/c1-26(58-44(73)37(35(65)24-51)63-40(69)29(52)9-2-4-18-48)39(68)57-25-36(66)59-31(11-6-20-50)45(74)64-22-8-13-34(64)43(72)62-33(23-27-14-16-28(17-15-27)38(53)67)42(71)60-30(10-3-5-19-49)41(70)61-32(46(75)76)12-7-21-56-47(54)55/h12,14-17,26,29-31,33-35,37,65H,2-11,13,18-25,48-52H2,1H3,(H2,53,67)(H,57,68)(H,58,73)(H,59,66)(H,60,71)(H,61,70)(H,62,72)(H,63,69)(H,75,76)(H4,54,55,56)/b32-12-/t26-,29?,30-,31+,33-,34-,35-,37-/m0/s1. The minimum absolute atomic E-state index is 0.0119. The molecule has 1 aromatic rings. The van der Waals surface area contributed by atoms with Crippen LogP contribution in [0.4, 0.5) is 0 Å². The van der Waals surface area contributed by atoms with E-state index in [1.54, 1.807) is 0 Å². The van der Waals surface area contributed by atoms with Crippen LogP contribution in [0.3, 0.4) is 0 Å². The van der Waals surface area contributed by atoms with Crippen molar-refractivity contribution < 1.29 is 58.2 Å². The highest BCUT2D eigenvalue weighted by Crippen LogP contribution is 2.21. The Morgan fingerprint density at radius 1 is 0.737 bits per heavy atom. The van der Waals surface area contributed by atoms with Crippen molar-refractivity contribution in [3.05, 3.63) is 47.2 Å². The number of unbranched alkanes of at least 4 members (excludes halogenated alkanes) is 2. The van der Waals surface area contributed by atoms with Crippen LogP contribution in [0, 0.1) is 0 Å². The van der Waals surface area contributed by atoms with E-state index in [4.69, 9.17) is 45.9 Å². The Kier molecular flexibility index (Phi) is 29.2. The average molecular weight is 1070 g/mol. The van der Waals surface area contributed by atoms with E-state index in [2.05, 4.69) is 42.2 Å². The zero-order valence-corrected chi connectivity index (χ0v) is 42.9. The van der Waals surface area contributed by atoms with E-state index in [9.17, 15) is 58.2 Å². The van der Waals surface area contributed by atoms with Crippen molar-refractivity contribution in [3.63, 3.8) is 0 Å². The lowest BCUT2D eigenvalue weighted by Gasteiger charge is -2.30. The van der Waals surface area contributed by atoms with Gasteiger partial charge in [-0.2, -0.15) is 0 Å². The molecular formula is C47H79N17O12. The maximum Gasteiger partial charge on any atom is 0.352 e. The van der Waals surface area contributed by atoms with Crippen molar-refractivity contribution in [2.24, 2.45) is 50.9 Å². The Morgan fingerprint density at radius 3 is 1.96 bits per heavy atom. The number of likely N-dealkylation sites (tertiary alicyclic amines) is 1. The molecule has 1 aromatic carbocycles. The zero-order valence-electron chi connectivity index (χ0n) is 42.9. The first-order chi connectivity index (χ1) is 36.1. The molecular weight excluding hydrogens is 995 g/mol. The van der Waals surface area contributed by atoms with Gasteiger partial charge in [0, 0.05) is 31.6 Å². The SMILES string of the molecule is C[C@H](NC(=O)[C@@H](NC(=O)C(N)CCCCN)[C@@H](O)CN)C(=O)NCC(=O)N[C@H](CCCN)C(=O)N1CCC[C@H]1C(=O)N[C@@H](Cc1ccc(C(N)=O)cc1)C(=O)N[C@@H](CCCCN)C(=O)N/C(=C\CCN=C(N)N)C(=O)O. The molecule has 29 heteroatoms. The minimum Gasteiger partial charge on any atom is -0.477 e. The van der Waals surface area contributed by atoms with Crippen LogP contribution in [0.5, 0.6) is 0 Å². The van der Waals surface area contributed by atoms with Gasteiger partial charge in [0.25, 0.3) is 0 Å². The molecule has 1 unspecified atom stereocenters. The summed E-state index contributed by atoms with van der Waals surface area (Å²) < 4.78 is 0. The number of nitrogens with two attached hydrogens (primary N) is 8. The Labute approximate surface area is 440 Å². The monoisotopic (exact) mass is 1070 g/mol. The van der Waals surface area contributed by atoms with E-state index in [1.807, 2.05) is 0 Å². The summed E-state index contributed by atoms with van der Waals surface area (Å²) in [4.78, 5) is 137. The van der Waals surface area contributed by atoms with Gasteiger partial charge in [-0.1, -0.05) is 24.6 Å². The van der Waals surface area contributed by atoms with Crippen LogP contribution in [-0.4, -0.2) is 174 Å². The number of nitrogens with zero attached hydrogens (tertiary/aromatic N) is 2. The predicted molar refractivity (Wildman–Crippen MR) is 278 cm³/mol. The number of carboxylic acids is 1. The largest absolute Gasteiger partial charge is 0.477 e. The number of aliphatic hydroxyl groups excluding tert-OH is 1. The van der Waals surface area contributed by atoms with Crippen LogP contribution < -0.4 is 83.1 Å². The second-order valence-electron chi connectivity index (χ2n) is 18.0. The molecule has 25 N–H and O–H groups in total. The molecule has 2 rings (SSSR count). The number of aliphatic imine (C=N–C) groups is 1. The number of amides is 9. The van der Waals surface area contributed by atoms with Crippen molar-refractivity contribution >= 4 is 65.1 Å². The van der Waals surface area contributed by atoms with Crippen LogP contribution in [0.25, 0.3) is 0 Å². The highest BCUT2D eigenvalue weighted by Gasteiger charge is 2.40. The molecule has 424 valence electrons. The summed E-state index contributed by atoms with van der Waals surface area (Å²) in [5.74, 6) is -8.96. The van der Waals surface area contributed by atoms with Gasteiger partial charge >= 0.3 is 5.97 Å². The predicted octanol–water partition coefficient (Wildman–Crippen LogP) is -6.73. The molecule has 1 fully saturated rings. The number of hydrogen-bond acceptors (Lipinski definition) is 17. The molecule has 9 amide bonds. The summed E-state index contributed by atoms with van der Waals surface area (Å²) in [6, 6.07) is -3.19. The van der Waals surface area contributed by atoms with E-state index in [0.29, 0.717) is 44.2 Å². The number of carbonyl (C=O) groups is 10. The lowest BCUT2D eigenvalue weighted by Crippen LogP contribution is -2.60. The maximum absolute atomic E-state index is 14.3. The number of hydrogen-bond donors (Lipinski definition) is 17. The van der Waals surface area contributed by atoms with Crippen molar-refractivity contribution in [2.75, 3.05) is 45.8 Å². The summed E-state index contributed by atoms with van der Waals surface area (Å²) in [7, 11) is 0. The number of carboxylic acid groups (broad SMARTS) is 1. The molecule has 0 spiro atoms. The van der Waals surface area contributed by atoms with Crippen LogP contribution in [0.1, 0.15) is 93.5 Å². The number of primary amides is 1. The van der Waals surface area contributed by atoms with E-state index in [-0.39, 0.29) is 82.6 Å². The van der Waals surface area contributed by atoms with Gasteiger partial charge in [-0.15, -0.1) is 0 Å². The Bertz CT molecular complexity index is 2190. The highest BCUT2D eigenvalue weighted by atomic mass is 16.4. The molecule has 0 bridgehead atoms. The summed E-state index contributed by atoms with van der Waals surface area (Å²) in [5.41, 5.74) is 44.6. The molecule has 0 radical (unpaired) electrons. The number of nitrogens with one attached hydrogen (secondary N) is 7. The summed E-state index contributed by atoms with van der Waals surface area (Å²) >= 11 is 0. The van der Waals surface area contributed by atoms with Crippen LogP contribution in [-0.2, 0) is 49.6 Å². The third-order valence-electron chi connectivity index (χ3n) is 12.0. The quantitative estimate of drug-likeness (QED) is 0.0130. The zero-order chi connectivity index (χ0) is 56.9. The molecule has 1 heterocycles. The van der Waals surface area contributed by atoms with E-state index < -0.39 is 126 Å². The van der Waals surface area contributed by atoms with Crippen molar-refractivity contribution in [2.45, 2.75) is 132 Å². The number of aliphatic hydroxyl groups is 1. The molecule has 0 aliphatic carbocycles. The maximum atomic E-state index is 14.3. The average Bonchev–Trinajstić information content (AvgIpc) is 3.88. The first-order valence-electron chi connectivity index (χ1n) is 25.1. The lowest BCUT2D eigenvalue weighted by molar-refractivity contribution is -0.142. The number of benzene rings is 1. The van der Waals surface area contributed by atoms with Gasteiger partial charge in [0.05, 0.1) is 18.7 Å². The molecule has 1 saturated heterocycles. The molecule has 1 aliphatic heterocycles. The second-order valence-corrected chi connectivity index (χ2v) is 18.0. The minimum atomic E-state index is -1.58. The molecule has 8 atom stereocenters. The Balaban J connectivity index is 2.29. The van der Waals surface area contributed by atoms with Crippen molar-refractivity contribution in [3.8, 4) is 0 Å². The summed E-state index contributed by atoms with van der Waals surface area (Å²) in [6.45, 7) is 1.04. The number of guanidine groups is 1. The lowest BCUT2D eigenvalue weighted by atomic mass is 10.0. The molecule has 76 heavy (non-hydrogen) atoms. The molecule has 0 saturated carbocycles. The molecule has 29 nitrogen and oxygen atoms in total. The van der Waals surface area contributed by atoms with E-state index in [0.717, 1.165) is 0 Å².